The molecule has 0 spiro atoms. The summed E-state index contributed by atoms with van der Waals surface area (Å²) in [6.45, 7) is 10.0. The minimum absolute atomic E-state index is 0.0212. The van der Waals surface area contributed by atoms with E-state index in [0.717, 1.165) is 6.42 Å². The normalized spacial score (nSPS) is 13.3. The Morgan fingerprint density at radius 3 is 2.24 bits per heavy atom. The SMILES string of the molecule is COc1ccc(Br)cc1S(=O)(=O)NC(C)(C)CC(C)(C)C. The quantitative estimate of drug-likeness (QED) is 0.844. The molecule has 0 saturated heterocycles. The molecule has 4 nitrogen and oxygen atoms in total. The van der Waals surface area contributed by atoms with Gasteiger partial charge in [0.15, 0.2) is 0 Å². The van der Waals surface area contributed by atoms with Crippen LogP contribution >= 0.6 is 15.9 Å². The van der Waals surface area contributed by atoms with Gasteiger partial charge in [-0.2, -0.15) is 0 Å². The molecule has 6 heteroatoms. The predicted octanol–water partition coefficient (Wildman–Crippen LogP) is 3.95. The van der Waals surface area contributed by atoms with Gasteiger partial charge in [-0.05, 0) is 43.9 Å². The fourth-order valence-electron chi connectivity index (χ4n) is 2.64. The lowest BCUT2D eigenvalue weighted by atomic mass is 9.82. The molecule has 0 radical (unpaired) electrons. The summed E-state index contributed by atoms with van der Waals surface area (Å²) >= 11 is 3.30. The molecule has 1 aromatic carbocycles. The van der Waals surface area contributed by atoms with Crippen LogP contribution in [0.3, 0.4) is 0 Å². The molecular weight excluding hydrogens is 354 g/mol. The van der Waals surface area contributed by atoms with Gasteiger partial charge in [0.2, 0.25) is 10.0 Å². The van der Waals surface area contributed by atoms with Crippen LogP contribution in [-0.4, -0.2) is 21.1 Å². The summed E-state index contributed by atoms with van der Waals surface area (Å²) in [5, 5.41) is 0. The van der Waals surface area contributed by atoms with E-state index in [1.54, 1.807) is 18.2 Å². The van der Waals surface area contributed by atoms with Crippen LogP contribution in [0, 0.1) is 5.41 Å². The molecule has 0 atom stereocenters. The Balaban J connectivity index is 3.15. The molecule has 0 saturated carbocycles. The number of ether oxygens (including phenoxy) is 1. The van der Waals surface area contributed by atoms with E-state index in [1.165, 1.54) is 7.11 Å². The van der Waals surface area contributed by atoms with Crippen LogP contribution in [0.2, 0.25) is 0 Å². The Morgan fingerprint density at radius 1 is 1.19 bits per heavy atom. The van der Waals surface area contributed by atoms with Gasteiger partial charge in [0, 0.05) is 10.0 Å². The number of hydrogen-bond acceptors (Lipinski definition) is 3. The van der Waals surface area contributed by atoms with E-state index < -0.39 is 15.6 Å². The lowest BCUT2D eigenvalue weighted by Gasteiger charge is -2.33. The molecule has 1 N–H and O–H groups in total. The number of halogens is 1. The van der Waals surface area contributed by atoms with Crippen LogP contribution in [-0.2, 0) is 10.0 Å². The molecule has 0 fully saturated rings. The Morgan fingerprint density at radius 2 is 1.76 bits per heavy atom. The highest BCUT2D eigenvalue weighted by Crippen LogP contribution is 2.31. The topological polar surface area (TPSA) is 55.4 Å². The number of rotatable bonds is 5. The van der Waals surface area contributed by atoms with Gasteiger partial charge in [0.25, 0.3) is 0 Å². The van der Waals surface area contributed by atoms with Crippen molar-refractivity contribution >= 4 is 26.0 Å². The number of sulfonamides is 1. The fraction of sp³-hybridized carbons (Fsp3) is 0.600. The average Bonchev–Trinajstić information content (AvgIpc) is 2.23. The third kappa shape index (κ3) is 5.60. The maximum Gasteiger partial charge on any atom is 0.244 e. The molecule has 0 amide bonds. The van der Waals surface area contributed by atoms with Gasteiger partial charge in [-0.3, -0.25) is 0 Å². The first-order valence-corrected chi connectivity index (χ1v) is 9.01. The van der Waals surface area contributed by atoms with Crippen molar-refractivity contribution in [2.24, 2.45) is 5.41 Å². The van der Waals surface area contributed by atoms with E-state index in [9.17, 15) is 8.42 Å². The lowest BCUT2D eigenvalue weighted by Crippen LogP contribution is -2.45. The molecule has 0 unspecified atom stereocenters. The van der Waals surface area contributed by atoms with Crippen LogP contribution in [0.1, 0.15) is 41.0 Å². The molecule has 0 aliphatic rings. The summed E-state index contributed by atoms with van der Waals surface area (Å²) in [4.78, 5) is 0.140. The molecule has 21 heavy (non-hydrogen) atoms. The average molecular weight is 378 g/mol. The zero-order valence-corrected chi connectivity index (χ0v) is 15.9. The van der Waals surface area contributed by atoms with Crippen LogP contribution in [0.15, 0.2) is 27.6 Å². The maximum absolute atomic E-state index is 12.7. The highest BCUT2D eigenvalue weighted by atomic mass is 79.9. The standard InChI is InChI=1S/C15H24BrNO3S/c1-14(2,3)10-15(4,5)17-21(18,19)13-9-11(16)7-8-12(13)20-6/h7-9,17H,10H2,1-6H3. The molecular formula is C15H24BrNO3S. The molecule has 0 bridgehead atoms. The summed E-state index contributed by atoms with van der Waals surface area (Å²) in [6.07, 6.45) is 0.718. The first kappa shape index (κ1) is 18.5. The molecule has 1 aromatic rings. The van der Waals surface area contributed by atoms with E-state index in [1.807, 2.05) is 13.8 Å². The number of benzene rings is 1. The third-order valence-electron chi connectivity index (χ3n) is 2.80. The Kier molecular flexibility index (Phi) is 5.51. The number of hydrogen-bond donors (Lipinski definition) is 1. The summed E-state index contributed by atoms with van der Waals surface area (Å²) in [5.41, 5.74) is -0.530. The van der Waals surface area contributed by atoms with Gasteiger partial charge in [0.05, 0.1) is 7.11 Å². The Bertz CT molecular complexity index is 604. The molecule has 0 aromatic heterocycles. The third-order valence-corrected chi connectivity index (χ3v) is 5.01. The van der Waals surface area contributed by atoms with Crippen LogP contribution in [0.5, 0.6) is 5.75 Å². The molecule has 0 aliphatic carbocycles. The van der Waals surface area contributed by atoms with Gasteiger partial charge >= 0.3 is 0 Å². The van der Waals surface area contributed by atoms with Crippen molar-refractivity contribution in [3.05, 3.63) is 22.7 Å². The smallest absolute Gasteiger partial charge is 0.244 e. The monoisotopic (exact) mass is 377 g/mol. The van der Waals surface area contributed by atoms with E-state index >= 15 is 0 Å². The summed E-state index contributed by atoms with van der Waals surface area (Å²) in [7, 11) is -2.20. The van der Waals surface area contributed by atoms with Crippen molar-refractivity contribution in [2.75, 3.05) is 7.11 Å². The van der Waals surface area contributed by atoms with Crippen molar-refractivity contribution in [3.63, 3.8) is 0 Å². The minimum Gasteiger partial charge on any atom is -0.495 e. The zero-order chi connectivity index (χ0) is 16.5. The molecule has 0 aliphatic heterocycles. The molecule has 1 rings (SSSR count). The van der Waals surface area contributed by atoms with E-state index in [2.05, 4.69) is 41.4 Å². The second-order valence-corrected chi connectivity index (χ2v) is 9.59. The van der Waals surface area contributed by atoms with Gasteiger partial charge in [-0.15, -0.1) is 0 Å². The highest BCUT2D eigenvalue weighted by Gasteiger charge is 2.32. The predicted molar refractivity (Wildman–Crippen MR) is 89.2 cm³/mol. The minimum atomic E-state index is -3.66. The lowest BCUT2D eigenvalue weighted by molar-refractivity contribution is 0.269. The second-order valence-electron chi connectivity index (χ2n) is 7.02. The van der Waals surface area contributed by atoms with Crippen LogP contribution in [0.25, 0.3) is 0 Å². The number of nitrogens with one attached hydrogen (secondary N) is 1. The summed E-state index contributed by atoms with van der Waals surface area (Å²) in [6, 6.07) is 4.93. The Labute approximate surface area is 136 Å². The largest absolute Gasteiger partial charge is 0.495 e. The Hall–Kier alpha value is -0.590. The fourth-order valence-corrected chi connectivity index (χ4v) is 4.76. The van der Waals surface area contributed by atoms with Gasteiger partial charge in [-0.25, -0.2) is 13.1 Å². The highest BCUT2D eigenvalue weighted by molar-refractivity contribution is 9.10. The van der Waals surface area contributed by atoms with Crippen LogP contribution in [0.4, 0.5) is 0 Å². The van der Waals surface area contributed by atoms with E-state index in [4.69, 9.17) is 4.74 Å². The van der Waals surface area contributed by atoms with Crippen molar-refractivity contribution in [3.8, 4) is 5.75 Å². The summed E-state index contributed by atoms with van der Waals surface area (Å²) < 4.78 is 33.9. The van der Waals surface area contributed by atoms with Gasteiger partial charge in [0.1, 0.15) is 10.6 Å². The van der Waals surface area contributed by atoms with Crippen LogP contribution < -0.4 is 9.46 Å². The first-order chi connectivity index (χ1) is 9.36. The zero-order valence-electron chi connectivity index (χ0n) is 13.5. The second kappa shape index (κ2) is 6.26. The molecule has 0 heterocycles. The number of methoxy groups -OCH3 is 1. The van der Waals surface area contributed by atoms with Crippen molar-refractivity contribution in [2.45, 2.75) is 51.5 Å². The van der Waals surface area contributed by atoms with Crippen molar-refractivity contribution in [1.82, 2.24) is 4.72 Å². The van der Waals surface area contributed by atoms with Crippen molar-refractivity contribution in [1.29, 1.82) is 0 Å². The summed E-state index contributed by atoms with van der Waals surface area (Å²) in [5.74, 6) is 0.331. The van der Waals surface area contributed by atoms with Gasteiger partial charge in [-0.1, -0.05) is 36.7 Å². The van der Waals surface area contributed by atoms with Gasteiger partial charge < -0.3 is 4.74 Å². The maximum atomic E-state index is 12.7. The van der Waals surface area contributed by atoms with E-state index in [-0.39, 0.29) is 10.3 Å². The van der Waals surface area contributed by atoms with Crippen molar-refractivity contribution < 1.29 is 13.2 Å². The van der Waals surface area contributed by atoms with E-state index in [0.29, 0.717) is 10.2 Å². The molecule has 120 valence electrons. The first-order valence-electron chi connectivity index (χ1n) is 6.74.